The van der Waals surface area contributed by atoms with Crippen LogP contribution in [0.3, 0.4) is 0 Å². The van der Waals surface area contributed by atoms with Gasteiger partial charge in [0.15, 0.2) is 0 Å². The topological polar surface area (TPSA) is 49.3 Å². The molecule has 2 N–H and O–H groups in total. The minimum Gasteiger partial charge on any atom is -0.420 e. The zero-order chi connectivity index (χ0) is 6.57. The highest BCUT2D eigenvalue weighted by atomic mass is 28.2. The van der Waals surface area contributed by atoms with Crippen molar-refractivity contribution in [3.8, 4) is 0 Å². The zero-order valence-corrected chi connectivity index (χ0v) is 6.18. The quantitative estimate of drug-likeness (QED) is 0.360. The molecular formula is C4H9NO2Si. The summed E-state index contributed by atoms with van der Waals surface area (Å²) in [5.41, 5.74) is 0.437. The van der Waals surface area contributed by atoms with Crippen LogP contribution in [0.15, 0.2) is 12.2 Å². The first-order chi connectivity index (χ1) is 3.68. The highest BCUT2D eigenvalue weighted by Crippen LogP contribution is 1.82. The van der Waals surface area contributed by atoms with Crippen LogP contribution in [0.5, 0.6) is 0 Å². The van der Waals surface area contributed by atoms with E-state index in [0.29, 0.717) is 5.57 Å². The van der Waals surface area contributed by atoms with Crippen LogP contribution in [0.2, 0.25) is 0 Å². The first-order valence-electron chi connectivity index (χ1n) is 2.23. The second-order valence-electron chi connectivity index (χ2n) is 1.44. The number of rotatable bonds is 2. The van der Waals surface area contributed by atoms with Crippen molar-refractivity contribution in [1.29, 1.82) is 0 Å². The molecule has 0 bridgehead atoms. The second kappa shape index (κ2) is 3.40. The monoisotopic (exact) mass is 131 g/mol. The number of nitrogens with one attached hydrogen (secondary N) is 1. The molecule has 0 aliphatic heterocycles. The molecule has 0 aromatic carbocycles. The molecule has 0 aliphatic carbocycles. The molecule has 0 aromatic rings. The van der Waals surface area contributed by atoms with Gasteiger partial charge in [0, 0.05) is 5.57 Å². The average Bonchev–Trinajstić information content (AvgIpc) is 1.67. The van der Waals surface area contributed by atoms with Crippen molar-refractivity contribution in [2.45, 2.75) is 6.92 Å². The number of carbonyl (C=O) groups is 1. The Labute approximate surface area is 50.4 Å². The van der Waals surface area contributed by atoms with E-state index in [-0.39, 0.29) is 5.91 Å². The Hall–Kier alpha value is -0.613. The predicted octanol–water partition coefficient (Wildman–Crippen LogP) is -1.33. The molecule has 46 valence electrons. The van der Waals surface area contributed by atoms with E-state index in [0.717, 1.165) is 0 Å². The van der Waals surface area contributed by atoms with Crippen molar-refractivity contribution in [2.24, 2.45) is 0 Å². The molecule has 1 amide bonds. The van der Waals surface area contributed by atoms with Crippen LogP contribution in [0.1, 0.15) is 6.92 Å². The summed E-state index contributed by atoms with van der Waals surface area (Å²) in [4.78, 5) is 21.0. The predicted molar refractivity (Wildman–Crippen MR) is 33.7 cm³/mol. The van der Waals surface area contributed by atoms with Gasteiger partial charge < -0.3 is 9.78 Å². The van der Waals surface area contributed by atoms with Crippen LogP contribution >= 0.6 is 0 Å². The van der Waals surface area contributed by atoms with Crippen molar-refractivity contribution in [1.82, 2.24) is 4.98 Å². The number of carbonyl (C=O) groups excluding carboxylic acids is 1. The normalized spacial score (nSPS) is 9.75. The van der Waals surface area contributed by atoms with E-state index in [1.54, 1.807) is 6.92 Å². The Morgan fingerprint density at radius 3 is 2.50 bits per heavy atom. The lowest BCUT2D eigenvalue weighted by Gasteiger charge is -1.95. The number of amides is 1. The molecule has 0 aromatic heterocycles. The van der Waals surface area contributed by atoms with Crippen molar-refractivity contribution < 1.29 is 9.59 Å². The molecule has 8 heavy (non-hydrogen) atoms. The van der Waals surface area contributed by atoms with Gasteiger partial charge >= 0.3 is 0 Å². The van der Waals surface area contributed by atoms with Gasteiger partial charge in [-0.1, -0.05) is 6.58 Å². The van der Waals surface area contributed by atoms with E-state index < -0.39 is 9.92 Å². The van der Waals surface area contributed by atoms with Crippen molar-refractivity contribution in [2.75, 3.05) is 0 Å². The highest BCUT2D eigenvalue weighted by molar-refractivity contribution is 6.29. The maximum Gasteiger partial charge on any atom is 0.264 e. The number of hydrogen-bond acceptors (Lipinski definition) is 2. The minimum absolute atomic E-state index is 0.251. The van der Waals surface area contributed by atoms with Gasteiger partial charge in [0.2, 0.25) is 5.91 Å². The lowest BCUT2D eigenvalue weighted by atomic mass is 10.3. The van der Waals surface area contributed by atoms with Crippen LogP contribution < -0.4 is 4.98 Å². The Bertz CT molecular complexity index is 113. The van der Waals surface area contributed by atoms with Crippen LogP contribution in [0.25, 0.3) is 0 Å². The Balaban J connectivity index is 3.49. The molecule has 0 atom stereocenters. The van der Waals surface area contributed by atoms with Gasteiger partial charge in [-0.2, -0.15) is 0 Å². The summed E-state index contributed by atoms with van der Waals surface area (Å²) < 4.78 is 0. The van der Waals surface area contributed by atoms with E-state index in [2.05, 4.69) is 11.6 Å². The van der Waals surface area contributed by atoms with E-state index >= 15 is 0 Å². The van der Waals surface area contributed by atoms with Crippen LogP contribution in [0.4, 0.5) is 0 Å². The van der Waals surface area contributed by atoms with Crippen molar-refractivity contribution >= 4 is 15.8 Å². The zero-order valence-electron chi connectivity index (χ0n) is 4.77. The standard InChI is InChI=1S/C4H9NO2Si/c1-3(2)4(6)5-8-7/h7H,1,8H2,2H3,(H,5,6). The average molecular weight is 131 g/mol. The summed E-state index contributed by atoms with van der Waals surface area (Å²) >= 11 is 0. The molecule has 0 rings (SSSR count). The SMILES string of the molecule is C=C(C)C(=O)N[SiH2]O. The van der Waals surface area contributed by atoms with Crippen LogP contribution in [-0.4, -0.2) is 20.6 Å². The molecule has 0 aliphatic rings. The van der Waals surface area contributed by atoms with Gasteiger partial charge in [0.05, 0.1) is 0 Å². The number of hydrogen-bond donors (Lipinski definition) is 2. The highest BCUT2D eigenvalue weighted by Gasteiger charge is 1.96. The summed E-state index contributed by atoms with van der Waals surface area (Å²) in [5, 5.41) is 0. The maximum atomic E-state index is 10.4. The molecule has 0 saturated carbocycles. The molecule has 4 heteroatoms. The first-order valence-corrected chi connectivity index (χ1v) is 3.57. The summed E-state index contributed by atoms with van der Waals surface area (Å²) in [6.45, 7) is 4.97. The third kappa shape index (κ3) is 2.54. The minimum atomic E-state index is -1.34. The van der Waals surface area contributed by atoms with Crippen LogP contribution in [0, 0.1) is 0 Å². The van der Waals surface area contributed by atoms with Gasteiger partial charge in [-0.3, -0.25) is 4.79 Å². The second-order valence-corrected chi connectivity index (χ2v) is 2.11. The molecule has 0 spiro atoms. The van der Waals surface area contributed by atoms with Gasteiger partial charge in [-0.15, -0.1) is 0 Å². The third-order valence-corrected chi connectivity index (χ3v) is 1.11. The van der Waals surface area contributed by atoms with E-state index in [1.165, 1.54) is 0 Å². The van der Waals surface area contributed by atoms with Crippen LogP contribution in [-0.2, 0) is 4.79 Å². The molecule has 0 heterocycles. The fraction of sp³-hybridized carbons (Fsp3) is 0.250. The Morgan fingerprint density at radius 1 is 1.88 bits per heavy atom. The van der Waals surface area contributed by atoms with Gasteiger partial charge in [0.1, 0.15) is 0 Å². The summed E-state index contributed by atoms with van der Waals surface area (Å²) in [5.74, 6) is -0.251. The molecule has 0 fully saturated rings. The molecule has 0 radical (unpaired) electrons. The summed E-state index contributed by atoms with van der Waals surface area (Å²) in [7, 11) is -1.34. The van der Waals surface area contributed by atoms with Crippen molar-refractivity contribution in [3.05, 3.63) is 12.2 Å². The fourth-order valence-corrected chi connectivity index (χ4v) is 0.668. The smallest absolute Gasteiger partial charge is 0.264 e. The van der Waals surface area contributed by atoms with E-state index in [1.807, 2.05) is 0 Å². The van der Waals surface area contributed by atoms with Crippen molar-refractivity contribution in [3.63, 3.8) is 0 Å². The molecular weight excluding hydrogens is 122 g/mol. The summed E-state index contributed by atoms with van der Waals surface area (Å²) in [6, 6.07) is 0. The van der Waals surface area contributed by atoms with Gasteiger partial charge in [0.25, 0.3) is 9.92 Å². The maximum absolute atomic E-state index is 10.4. The Kier molecular flexibility index (Phi) is 3.14. The largest absolute Gasteiger partial charge is 0.420 e. The molecule has 3 nitrogen and oxygen atoms in total. The lowest BCUT2D eigenvalue weighted by molar-refractivity contribution is -0.116. The fourth-order valence-electron chi connectivity index (χ4n) is 0.223. The van der Waals surface area contributed by atoms with E-state index in [9.17, 15) is 4.79 Å². The van der Waals surface area contributed by atoms with Gasteiger partial charge in [-0.05, 0) is 6.92 Å². The molecule has 0 unspecified atom stereocenters. The Morgan fingerprint density at radius 2 is 2.38 bits per heavy atom. The van der Waals surface area contributed by atoms with Gasteiger partial charge in [-0.25, -0.2) is 0 Å². The lowest BCUT2D eigenvalue weighted by Crippen LogP contribution is -2.27. The summed E-state index contributed by atoms with van der Waals surface area (Å²) in [6.07, 6.45) is 0. The molecule has 0 saturated heterocycles. The third-order valence-electron chi connectivity index (χ3n) is 0.627. The van der Waals surface area contributed by atoms with E-state index in [4.69, 9.17) is 4.80 Å². The first kappa shape index (κ1) is 7.39.